The third-order valence-corrected chi connectivity index (χ3v) is 5.69. The number of alkyl halides is 3. The number of halogens is 3. The molecule has 7 heteroatoms. The highest BCUT2D eigenvalue weighted by atomic mass is 32.1. The summed E-state index contributed by atoms with van der Waals surface area (Å²) in [5, 5.41) is 3.15. The van der Waals surface area contributed by atoms with Gasteiger partial charge in [-0.15, -0.1) is 11.3 Å². The predicted molar refractivity (Wildman–Crippen MR) is 92.9 cm³/mol. The van der Waals surface area contributed by atoms with E-state index in [0.29, 0.717) is 11.7 Å². The topological polar surface area (TPSA) is 37.8 Å². The Morgan fingerprint density at radius 1 is 1.20 bits per heavy atom. The Hall–Kier alpha value is -2.15. The summed E-state index contributed by atoms with van der Waals surface area (Å²) in [6.07, 6.45) is -0.539. The summed E-state index contributed by atoms with van der Waals surface area (Å²) in [7, 11) is 0. The first-order chi connectivity index (χ1) is 11.9. The molecule has 1 atom stereocenters. The van der Waals surface area contributed by atoms with Gasteiger partial charge in [-0.2, -0.15) is 13.2 Å². The number of benzene rings is 1. The van der Waals surface area contributed by atoms with Gasteiger partial charge in [0, 0.05) is 4.88 Å². The van der Waals surface area contributed by atoms with Crippen LogP contribution in [0.25, 0.3) is 10.2 Å². The average Bonchev–Trinajstić information content (AvgIpc) is 3.33. The zero-order valence-corrected chi connectivity index (χ0v) is 14.3. The van der Waals surface area contributed by atoms with Gasteiger partial charge < -0.3 is 5.32 Å². The standard InChI is InChI=1S/C18H16F3N3S/c1-10(12-4-2-3-5-13(12)18(19,20)21)24-17-16-14(22-9-23-17)8-15(25-16)11-6-7-11/h2-5,8-11H,6-7H2,1H3,(H,22,23,24). The van der Waals surface area contributed by atoms with E-state index in [-0.39, 0.29) is 5.56 Å². The third kappa shape index (κ3) is 3.20. The lowest BCUT2D eigenvalue weighted by atomic mass is 10.0. The molecule has 1 aromatic carbocycles. The number of nitrogens with zero attached hydrogens (tertiary/aromatic N) is 2. The number of hydrogen-bond acceptors (Lipinski definition) is 4. The van der Waals surface area contributed by atoms with Crippen molar-refractivity contribution in [1.82, 2.24) is 9.97 Å². The molecule has 0 bridgehead atoms. The Morgan fingerprint density at radius 2 is 1.96 bits per heavy atom. The number of fused-ring (bicyclic) bond motifs is 1. The second-order valence-electron chi connectivity index (χ2n) is 6.31. The van der Waals surface area contributed by atoms with Gasteiger partial charge in [0.05, 0.1) is 21.8 Å². The maximum absolute atomic E-state index is 13.2. The summed E-state index contributed by atoms with van der Waals surface area (Å²) < 4.78 is 40.6. The van der Waals surface area contributed by atoms with Gasteiger partial charge in [-0.1, -0.05) is 18.2 Å². The number of rotatable bonds is 4. The van der Waals surface area contributed by atoms with E-state index in [2.05, 4.69) is 21.4 Å². The van der Waals surface area contributed by atoms with E-state index in [4.69, 9.17) is 0 Å². The summed E-state index contributed by atoms with van der Waals surface area (Å²) in [6.45, 7) is 1.72. The minimum atomic E-state index is -4.38. The minimum Gasteiger partial charge on any atom is -0.362 e. The zero-order valence-electron chi connectivity index (χ0n) is 13.5. The highest BCUT2D eigenvalue weighted by Crippen LogP contribution is 2.46. The summed E-state index contributed by atoms with van der Waals surface area (Å²) >= 11 is 1.63. The van der Waals surface area contributed by atoms with Crippen molar-refractivity contribution in [3.05, 3.63) is 52.7 Å². The second kappa shape index (κ2) is 5.98. The van der Waals surface area contributed by atoms with Crippen LogP contribution >= 0.6 is 11.3 Å². The number of anilines is 1. The fourth-order valence-corrected chi connectivity index (χ4v) is 4.19. The van der Waals surface area contributed by atoms with Gasteiger partial charge >= 0.3 is 6.18 Å². The van der Waals surface area contributed by atoms with Gasteiger partial charge in [0.1, 0.15) is 12.1 Å². The molecule has 3 nitrogen and oxygen atoms in total. The quantitative estimate of drug-likeness (QED) is 0.640. The first kappa shape index (κ1) is 16.3. The Bertz CT molecular complexity index is 915. The molecule has 1 saturated carbocycles. The van der Waals surface area contributed by atoms with E-state index >= 15 is 0 Å². The minimum absolute atomic E-state index is 0.209. The zero-order chi connectivity index (χ0) is 17.6. The van der Waals surface area contributed by atoms with Crippen molar-refractivity contribution in [1.29, 1.82) is 0 Å². The summed E-state index contributed by atoms with van der Waals surface area (Å²) in [5.74, 6) is 1.20. The summed E-state index contributed by atoms with van der Waals surface area (Å²) in [5.41, 5.74) is 0.437. The monoisotopic (exact) mass is 363 g/mol. The van der Waals surface area contributed by atoms with Crippen molar-refractivity contribution in [2.75, 3.05) is 5.32 Å². The van der Waals surface area contributed by atoms with Gasteiger partial charge in [-0.05, 0) is 43.4 Å². The van der Waals surface area contributed by atoms with Crippen molar-refractivity contribution in [3.63, 3.8) is 0 Å². The van der Waals surface area contributed by atoms with Crippen LogP contribution in [0.1, 0.15) is 47.7 Å². The fourth-order valence-electron chi connectivity index (χ4n) is 2.96. The lowest BCUT2D eigenvalue weighted by Crippen LogP contribution is -2.15. The van der Waals surface area contributed by atoms with Gasteiger partial charge in [0.15, 0.2) is 0 Å². The molecule has 0 saturated heterocycles. The molecule has 4 rings (SSSR count). The van der Waals surface area contributed by atoms with E-state index in [1.807, 2.05) is 0 Å². The van der Waals surface area contributed by atoms with Crippen molar-refractivity contribution in [3.8, 4) is 0 Å². The Morgan fingerprint density at radius 3 is 2.68 bits per heavy atom. The summed E-state index contributed by atoms with van der Waals surface area (Å²) in [6, 6.07) is 7.18. The van der Waals surface area contributed by atoms with Crippen molar-refractivity contribution < 1.29 is 13.2 Å². The van der Waals surface area contributed by atoms with E-state index < -0.39 is 17.8 Å². The van der Waals surface area contributed by atoms with Gasteiger partial charge in [-0.3, -0.25) is 0 Å². The number of thiophene rings is 1. The van der Waals surface area contributed by atoms with Gasteiger partial charge in [-0.25, -0.2) is 9.97 Å². The van der Waals surface area contributed by atoms with Crippen LogP contribution in [0.15, 0.2) is 36.7 Å². The molecule has 1 aliphatic rings. The maximum atomic E-state index is 13.2. The van der Waals surface area contributed by atoms with E-state index in [1.165, 1.54) is 36.2 Å². The molecule has 2 heterocycles. The van der Waals surface area contributed by atoms with Crippen LogP contribution in [0.2, 0.25) is 0 Å². The molecule has 0 aliphatic heterocycles. The molecular formula is C18H16F3N3S. The smallest absolute Gasteiger partial charge is 0.362 e. The van der Waals surface area contributed by atoms with Crippen LogP contribution < -0.4 is 5.32 Å². The molecule has 130 valence electrons. The average molecular weight is 363 g/mol. The molecule has 25 heavy (non-hydrogen) atoms. The molecule has 2 aromatic heterocycles. The lowest BCUT2D eigenvalue weighted by molar-refractivity contribution is -0.138. The van der Waals surface area contributed by atoms with Crippen LogP contribution in [0.5, 0.6) is 0 Å². The first-order valence-electron chi connectivity index (χ1n) is 8.10. The maximum Gasteiger partial charge on any atom is 0.416 e. The number of aromatic nitrogens is 2. The molecule has 3 aromatic rings. The van der Waals surface area contributed by atoms with Crippen molar-refractivity contribution in [2.45, 2.75) is 37.9 Å². The number of nitrogens with one attached hydrogen (secondary N) is 1. The Kier molecular flexibility index (Phi) is 3.91. The highest BCUT2D eigenvalue weighted by molar-refractivity contribution is 7.19. The Balaban J connectivity index is 1.68. The molecule has 0 radical (unpaired) electrons. The third-order valence-electron chi connectivity index (χ3n) is 4.40. The molecular weight excluding hydrogens is 347 g/mol. The SMILES string of the molecule is CC(Nc1ncnc2cc(C3CC3)sc12)c1ccccc1C(F)(F)F. The molecule has 1 N–H and O–H groups in total. The molecule has 0 amide bonds. The molecule has 0 spiro atoms. The van der Waals surface area contributed by atoms with Crippen LogP contribution in [-0.2, 0) is 6.18 Å². The normalized spacial score (nSPS) is 16.2. The van der Waals surface area contributed by atoms with Gasteiger partial charge in [0.2, 0.25) is 0 Å². The summed E-state index contributed by atoms with van der Waals surface area (Å²) in [4.78, 5) is 9.83. The Labute approximate surface area is 146 Å². The van der Waals surface area contributed by atoms with Gasteiger partial charge in [0.25, 0.3) is 0 Å². The fraction of sp³-hybridized carbons (Fsp3) is 0.333. The number of hydrogen-bond donors (Lipinski definition) is 1. The lowest BCUT2D eigenvalue weighted by Gasteiger charge is -2.20. The van der Waals surface area contributed by atoms with Crippen LogP contribution in [-0.4, -0.2) is 9.97 Å². The van der Waals surface area contributed by atoms with Crippen LogP contribution in [0.3, 0.4) is 0 Å². The molecule has 1 aliphatic carbocycles. The van der Waals surface area contributed by atoms with Crippen LogP contribution in [0, 0.1) is 0 Å². The van der Waals surface area contributed by atoms with E-state index in [1.54, 1.807) is 24.3 Å². The second-order valence-corrected chi connectivity index (χ2v) is 7.39. The molecule has 1 fully saturated rings. The first-order valence-corrected chi connectivity index (χ1v) is 8.92. The van der Waals surface area contributed by atoms with E-state index in [9.17, 15) is 13.2 Å². The van der Waals surface area contributed by atoms with Crippen molar-refractivity contribution in [2.24, 2.45) is 0 Å². The molecule has 1 unspecified atom stereocenters. The highest BCUT2D eigenvalue weighted by Gasteiger charge is 2.34. The van der Waals surface area contributed by atoms with E-state index in [0.717, 1.165) is 16.3 Å². The van der Waals surface area contributed by atoms with Crippen LogP contribution in [0.4, 0.5) is 19.0 Å². The predicted octanol–water partition coefficient (Wildman–Crippen LogP) is 5.76. The van der Waals surface area contributed by atoms with Crippen molar-refractivity contribution >= 4 is 27.4 Å². The largest absolute Gasteiger partial charge is 0.416 e.